The van der Waals surface area contributed by atoms with Gasteiger partial charge in [-0.25, -0.2) is 4.98 Å². The second-order valence-corrected chi connectivity index (χ2v) is 6.14. The van der Waals surface area contributed by atoms with Gasteiger partial charge >= 0.3 is 0 Å². The van der Waals surface area contributed by atoms with E-state index in [1.165, 1.54) is 17.3 Å². The molecule has 0 amide bonds. The fourth-order valence-corrected chi connectivity index (χ4v) is 3.03. The van der Waals surface area contributed by atoms with E-state index in [4.69, 9.17) is 16.1 Å². The molecule has 0 radical (unpaired) electrons. The first-order chi connectivity index (χ1) is 10.7. The van der Waals surface area contributed by atoms with Crippen LogP contribution in [0.15, 0.2) is 54.6 Å². The van der Waals surface area contributed by atoms with Crippen LogP contribution in [-0.2, 0) is 18.7 Å². The number of amidine groups is 1. The lowest BCUT2D eigenvalue weighted by molar-refractivity contribution is -0.110. The van der Waals surface area contributed by atoms with E-state index >= 15 is 0 Å². The summed E-state index contributed by atoms with van der Waals surface area (Å²) in [5.74, 6) is 1.70. The van der Waals surface area contributed by atoms with Crippen LogP contribution in [0.1, 0.15) is 11.4 Å². The average molecular weight is 311 g/mol. The van der Waals surface area contributed by atoms with Crippen LogP contribution in [0.3, 0.4) is 0 Å². The minimum atomic E-state index is 0.377. The van der Waals surface area contributed by atoms with E-state index in [1.54, 1.807) is 0 Å². The second-order valence-electron chi connectivity index (χ2n) is 5.10. The molecule has 5 heteroatoms. The number of benzene rings is 2. The minimum Gasteiger partial charge on any atom is -0.327 e. The van der Waals surface area contributed by atoms with Crippen molar-refractivity contribution in [2.24, 2.45) is 5.73 Å². The molecule has 3 aromatic rings. The van der Waals surface area contributed by atoms with Crippen LogP contribution < -0.4 is 11.1 Å². The van der Waals surface area contributed by atoms with Gasteiger partial charge in [0.25, 0.3) is 5.17 Å². The lowest BCUT2D eigenvalue weighted by Gasteiger charge is -2.08. The molecular formula is C17H19N4S+. The van der Waals surface area contributed by atoms with Crippen molar-refractivity contribution >= 4 is 28.0 Å². The molecule has 0 aliphatic heterocycles. The zero-order valence-electron chi connectivity index (χ0n) is 12.3. The third kappa shape index (κ3) is 3.31. The number of aryl methyl sites for hydroxylation is 2. The summed E-state index contributed by atoms with van der Waals surface area (Å²) < 4.78 is 2.26. The van der Waals surface area contributed by atoms with Crippen LogP contribution in [0.25, 0.3) is 11.0 Å². The number of nitrogens with two attached hydrogens (primary N) is 2. The van der Waals surface area contributed by atoms with Gasteiger partial charge in [0.05, 0.1) is 16.8 Å². The van der Waals surface area contributed by atoms with E-state index in [0.29, 0.717) is 10.9 Å². The number of hydrogen-bond donors (Lipinski definition) is 2. The summed E-state index contributed by atoms with van der Waals surface area (Å²) in [5.41, 5.74) is 9.07. The van der Waals surface area contributed by atoms with Crippen LogP contribution in [0.5, 0.6) is 0 Å². The number of thioether (sulfide) groups is 1. The number of imidazole rings is 1. The topological polar surface area (TPSA) is 69.4 Å². The van der Waals surface area contributed by atoms with Crippen LogP contribution in [0.2, 0.25) is 0 Å². The Morgan fingerprint density at radius 2 is 1.82 bits per heavy atom. The largest absolute Gasteiger partial charge is 0.327 e. The van der Waals surface area contributed by atoms with Crippen LogP contribution in [-0.4, -0.2) is 14.7 Å². The van der Waals surface area contributed by atoms with E-state index in [0.717, 1.165) is 29.8 Å². The van der Waals surface area contributed by atoms with Gasteiger partial charge in [-0.15, -0.1) is 0 Å². The Labute approximate surface area is 133 Å². The van der Waals surface area contributed by atoms with Crippen molar-refractivity contribution < 1.29 is 5.41 Å². The highest BCUT2D eigenvalue weighted by atomic mass is 32.2. The molecule has 0 aliphatic carbocycles. The molecule has 0 saturated carbocycles. The Hall–Kier alpha value is -2.27. The smallest absolute Gasteiger partial charge is 0.300 e. The molecule has 4 nitrogen and oxygen atoms in total. The third-order valence-electron chi connectivity index (χ3n) is 3.57. The summed E-state index contributed by atoms with van der Waals surface area (Å²) in [6.45, 7) is 0.894. The van der Waals surface area contributed by atoms with Gasteiger partial charge in [0.15, 0.2) is 0 Å². The van der Waals surface area contributed by atoms with Crippen molar-refractivity contribution in [3.05, 3.63) is 66.0 Å². The quantitative estimate of drug-likeness (QED) is 0.555. The van der Waals surface area contributed by atoms with Crippen molar-refractivity contribution in [1.82, 2.24) is 9.55 Å². The molecule has 1 heterocycles. The predicted octanol–water partition coefficient (Wildman–Crippen LogP) is 1.59. The maximum Gasteiger partial charge on any atom is 0.300 e. The van der Waals surface area contributed by atoms with E-state index in [-0.39, 0.29) is 0 Å². The Bertz CT molecular complexity index is 780. The first kappa shape index (κ1) is 14.7. The monoisotopic (exact) mass is 311 g/mol. The molecule has 0 bridgehead atoms. The van der Waals surface area contributed by atoms with Crippen LogP contribution in [0.4, 0.5) is 0 Å². The SMILES string of the molecule is NC(=[NH2+])SCc1nc2ccccc2n1CCc1ccccc1. The molecule has 3 rings (SSSR count). The maximum atomic E-state index is 5.57. The number of para-hydroxylation sites is 2. The van der Waals surface area contributed by atoms with E-state index in [1.807, 2.05) is 24.3 Å². The third-order valence-corrected chi connectivity index (χ3v) is 4.30. The normalized spacial score (nSPS) is 10.9. The summed E-state index contributed by atoms with van der Waals surface area (Å²) in [6, 6.07) is 18.7. The zero-order chi connectivity index (χ0) is 15.4. The van der Waals surface area contributed by atoms with Crippen molar-refractivity contribution in [1.29, 1.82) is 0 Å². The van der Waals surface area contributed by atoms with Gasteiger partial charge in [-0.05, 0) is 35.9 Å². The Balaban J connectivity index is 1.88. The fraction of sp³-hybridized carbons (Fsp3) is 0.176. The lowest BCUT2D eigenvalue weighted by Crippen LogP contribution is -2.43. The van der Waals surface area contributed by atoms with Gasteiger partial charge in [0.1, 0.15) is 5.82 Å². The first-order valence-electron chi connectivity index (χ1n) is 7.23. The van der Waals surface area contributed by atoms with Crippen molar-refractivity contribution in [3.63, 3.8) is 0 Å². The molecule has 0 fully saturated rings. The standard InChI is InChI=1S/C17H18N4S/c18-17(19)22-12-16-20-14-8-4-5-9-15(14)21(16)11-10-13-6-2-1-3-7-13/h1-9H,10-12H2,(H3,18,19)/p+1. The lowest BCUT2D eigenvalue weighted by atomic mass is 10.1. The molecule has 2 aromatic carbocycles. The number of rotatable bonds is 5. The Kier molecular flexibility index (Phi) is 4.44. The molecule has 1 aromatic heterocycles. The summed E-state index contributed by atoms with van der Waals surface area (Å²) in [6.07, 6.45) is 0.973. The molecular weight excluding hydrogens is 292 g/mol. The van der Waals surface area contributed by atoms with Gasteiger partial charge < -0.3 is 4.57 Å². The highest BCUT2D eigenvalue weighted by Gasteiger charge is 2.11. The Morgan fingerprint density at radius 1 is 1.09 bits per heavy atom. The van der Waals surface area contributed by atoms with Gasteiger partial charge in [0.2, 0.25) is 0 Å². The molecule has 0 aliphatic rings. The van der Waals surface area contributed by atoms with E-state index in [2.05, 4.69) is 34.9 Å². The zero-order valence-corrected chi connectivity index (χ0v) is 13.1. The summed E-state index contributed by atoms with van der Waals surface area (Å²) >= 11 is 1.42. The van der Waals surface area contributed by atoms with Crippen LogP contribution >= 0.6 is 11.8 Å². The van der Waals surface area contributed by atoms with Crippen LogP contribution in [0, 0.1) is 0 Å². The molecule has 4 N–H and O–H groups in total. The van der Waals surface area contributed by atoms with Crippen molar-refractivity contribution in [2.45, 2.75) is 18.7 Å². The predicted molar refractivity (Wildman–Crippen MR) is 92.3 cm³/mol. The molecule has 0 spiro atoms. The van der Waals surface area contributed by atoms with Gasteiger partial charge in [0, 0.05) is 6.54 Å². The van der Waals surface area contributed by atoms with Gasteiger partial charge in [-0.3, -0.25) is 11.1 Å². The maximum absolute atomic E-state index is 5.57. The number of nitrogens with zero attached hydrogens (tertiary/aromatic N) is 2. The fourth-order valence-electron chi connectivity index (χ4n) is 2.52. The van der Waals surface area contributed by atoms with E-state index in [9.17, 15) is 0 Å². The minimum absolute atomic E-state index is 0.377. The van der Waals surface area contributed by atoms with Crippen molar-refractivity contribution in [2.75, 3.05) is 0 Å². The molecule has 22 heavy (non-hydrogen) atoms. The second kappa shape index (κ2) is 6.66. The van der Waals surface area contributed by atoms with Gasteiger partial charge in [-0.1, -0.05) is 42.5 Å². The van der Waals surface area contributed by atoms with Gasteiger partial charge in [-0.2, -0.15) is 0 Å². The number of fused-ring (bicyclic) bond motifs is 1. The van der Waals surface area contributed by atoms with E-state index < -0.39 is 0 Å². The Morgan fingerprint density at radius 3 is 2.59 bits per heavy atom. The summed E-state index contributed by atoms with van der Waals surface area (Å²) in [5, 5.41) is 5.95. The molecule has 0 saturated heterocycles. The molecule has 0 atom stereocenters. The first-order valence-corrected chi connectivity index (χ1v) is 8.21. The highest BCUT2D eigenvalue weighted by Crippen LogP contribution is 2.20. The molecule has 112 valence electrons. The highest BCUT2D eigenvalue weighted by molar-refractivity contribution is 8.12. The molecule has 0 unspecified atom stereocenters. The summed E-state index contributed by atoms with van der Waals surface area (Å²) in [7, 11) is 0. The average Bonchev–Trinajstić information content (AvgIpc) is 2.89. The number of aromatic nitrogens is 2. The summed E-state index contributed by atoms with van der Waals surface area (Å²) in [4.78, 5) is 4.71. The number of hydrogen-bond acceptors (Lipinski definition) is 2. The van der Waals surface area contributed by atoms with Crippen molar-refractivity contribution in [3.8, 4) is 0 Å².